The second kappa shape index (κ2) is 8.48. The quantitative estimate of drug-likeness (QED) is 0.310. The van der Waals surface area contributed by atoms with E-state index in [1.807, 2.05) is 48.2 Å². The van der Waals surface area contributed by atoms with Crippen molar-refractivity contribution < 1.29 is 8.81 Å². The number of halogens is 2. The van der Waals surface area contributed by atoms with Crippen LogP contribution in [0.15, 0.2) is 87.9 Å². The summed E-state index contributed by atoms with van der Waals surface area (Å²) in [6.07, 6.45) is 1.76. The molecular weight excluding hydrogens is 489 g/mol. The van der Waals surface area contributed by atoms with Gasteiger partial charge in [0.05, 0.1) is 11.7 Å². The van der Waals surface area contributed by atoms with E-state index in [0.717, 1.165) is 38.5 Å². The van der Waals surface area contributed by atoms with Gasteiger partial charge in [-0.1, -0.05) is 28.1 Å². The molecule has 2 aromatic heterocycles. The number of nitrogens with zero attached hydrogens (tertiary/aromatic N) is 2. The molecule has 4 aromatic rings. The third-order valence-corrected chi connectivity index (χ3v) is 6.48. The Morgan fingerprint density at radius 3 is 2.59 bits per heavy atom. The second-order valence-electron chi connectivity index (χ2n) is 7.66. The number of aromatic nitrogens is 1. The molecule has 7 heteroatoms. The van der Waals surface area contributed by atoms with Crippen LogP contribution in [-0.4, -0.2) is 10.1 Å². The normalized spacial score (nSPS) is 18.1. The highest BCUT2D eigenvalue weighted by molar-refractivity contribution is 9.10. The van der Waals surface area contributed by atoms with E-state index >= 15 is 0 Å². The molecule has 1 N–H and O–H groups in total. The lowest BCUT2D eigenvalue weighted by atomic mass is 10.0. The lowest BCUT2D eigenvalue weighted by Gasteiger charge is -2.26. The number of thiocarbonyl (C=S) groups is 1. The summed E-state index contributed by atoms with van der Waals surface area (Å²) in [7, 11) is 0. The van der Waals surface area contributed by atoms with Crippen molar-refractivity contribution >= 4 is 38.9 Å². The van der Waals surface area contributed by atoms with Gasteiger partial charge in [-0.15, -0.1) is 0 Å². The minimum atomic E-state index is -0.297. The van der Waals surface area contributed by atoms with Crippen LogP contribution in [-0.2, 0) is 0 Å². The fourth-order valence-electron chi connectivity index (χ4n) is 4.00. The van der Waals surface area contributed by atoms with Gasteiger partial charge in [0.2, 0.25) is 0 Å². The van der Waals surface area contributed by atoms with E-state index < -0.39 is 0 Å². The van der Waals surface area contributed by atoms with Crippen molar-refractivity contribution in [1.29, 1.82) is 0 Å². The first-order chi connectivity index (χ1) is 15.5. The maximum atomic E-state index is 13.6. The van der Waals surface area contributed by atoms with Crippen LogP contribution in [0.25, 0.3) is 11.3 Å². The van der Waals surface area contributed by atoms with Crippen molar-refractivity contribution in [1.82, 2.24) is 10.3 Å². The molecule has 2 atom stereocenters. The summed E-state index contributed by atoms with van der Waals surface area (Å²) in [5, 5.41) is 3.92. The molecule has 1 aliphatic heterocycles. The van der Waals surface area contributed by atoms with Crippen LogP contribution >= 0.6 is 28.1 Å². The van der Waals surface area contributed by atoms with Crippen molar-refractivity contribution in [3.05, 3.63) is 106 Å². The number of nitrogens with one attached hydrogen (secondary N) is 1. The van der Waals surface area contributed by atoms with Gasteiger partial charge < -0.3 is 14.6 Å². The average molecular weight is 508 g/mol. The Labute approximate surface area is 199 Å². The minimum Gasteiger partial charge on any atom is -0.459 e. The van der Waals surface area contributed by atoms with Crippen molar-refractivity contribution in [2.45, 2.75) is 19.0 Å². The third kappa shape index (κ3) is 3.82. The van der Waals surface area contributed by atoms with E-state index in [1.54, 1.807) is 18.3 Å². The SMILES string of the molecule is Cc1ccc(-c2ccc(C3C(c4ccccn4)NC(=S)N3c3ccc(F)cc3)o2)c(Br)c1. The Morgan fingerprint density at radius 2 is 1.88 bits per heavy atom. The third-order valence-electron chi connectivity index (χ3n) is 5.51. The Morgan fingerprint density at radius 1 is 1.06 bits per heavy atom. The lowest BCUT2D eigenvalue weighted by Crippen LogP contribution is -2.29. The Kier molecular flexibility index (Phi) is 5.53. The fourth-order valence-corrected chi connectivity index (χ4v) is 5.03. The zero-order valence-corrected chi connectivity index (χ0v) is 19.5. The minimum absolute atomic E-state index is 0.228. The highest BCUT2D eigenvalue weighted by Crippen LogP contribution is 2.43. The molecule has 2 unspecified atom stereocenters. The predicted octanol–water partition coefficient (Wildman–Crippen LogP) is 6.73. The highest BCUT2D eigenvalue weighted by Gasteiger charge is 2.42. The van der Waals surface area contributed by atoms with E-state index in [4.69, 9.17) is 16.6 Å². The van der Waals surface area contributed by atoms with Gasteiger partial charge in [0.15, 0.2) is 5.11 Å². The van der Waals surface area contributed by atoms with Crippen molar-refractivity contribution in [3.8, 4) is 11.3 Å². The summed E-state index contributed by atoms with van der Waals surface area (Å²) in [5.74, 6) is 1.19. The Bertz CT molecular complexity index is 1280. The number of anilines is 1. The number of aryl methyl sites for hydroxylation is 1. The molecule has 0 saturated carbocycles. The molecule has 3 heterocycles. The molecule has 1 saturated heterocycles. The van der Waals surface area contributed by atoms with Crippen LogP contribution in [0.2, 0.25) is 0 Å². The number of furan rings is 1. The van der Waals surface area contributed by atoms with E-state index in [-0.39, 0.29) is 17.9 Å². The molecule has 0 aliphatic carbocycles. The highest BCUT2D eigenvalue weighted by atomic mass is 79.9. The maximum Gasteiger partial charge on any atom is 0.174 e. The first kappa shape index (κ1) is 20.8. The van der Waals surface area contributed by atoms with Crippen LogP contribution < -0.4 is 10.2 Å². The van der Waals surface area contributed by atoms with Crippen molar-refractivity contribution in [3.63, 3.8) is 0 Å². The van der Waals surface area contributed by atoms with E-state index in [9.17, 15) is 4.39 Å². The number of hydrogen-bond acceptors (Lipinski definition) is 3. The van der Waals surface area contributed by atoms with E-state index in [1.165, 1.54) is 12.1 Å². The molecule has 0 radical (unpaired) electrons. The smallest absolute Gasteiger partial charge is 0.174 e. The first-order valence-corrected chi connectivity index (χ1v) is 11.3. The zero-order chi connectivity index (χ0) is 22.2. The van der Waals surface area contributed by atoms with Gasteiger partial charge in [-0.05, 0) is 85.4 Å². The number of benzene rings is 2. The summed E-state index contributed by atoms with van der Waals surface area (Å²) in [4.78, 5) is 6.50. The molecule has 0 amide bonds. The fraction of sp³-hybridized carbons (Fsp3) is 0.120. The molecular formula is C25H19BrFN3OS. The van der Waals surface area contributed by atoms with E-state index in [0.29, 0.717) is 5.11 Å². The average Bonchev–Trinajstić information content (AvgIpc) is 3.39. The molecule has 2 aromatic carbocycles. The summed E-state index contributed by atoms with van der Waals surface area (Å²) in [6.45, 7) is 2.05. The number of hydrogen-bond donors (Lipinski definition) is 1. The van der Waals surface area contributed by atoms with Crippen molar-refractivity contribution in [2.75, 3.05) is 4.90 Å². The molecule has 0 spiro atoms. The molecule has 160 valence electrons. The van der Waals surface area contributed by atoms with Gasteiger partial charge in [-0.2, -0.15) is 0 Å². The number of pyridine rings is 1. The summed E-state index contributed by atoms with van der Waals surface area (Å²) >= 11 is 9.33. The second-order valence-corrected chi connectivity index (χ2v) is 8.90. The van der Waals surface area contributed by atoms with Crippen molar-refractivity contribution in [2.24, 2.45) is 0 Å². The monoisotopic (exact) mass is 507 g/mol. The van der Waals surface area contributed by atoms with Crippen LogP contribution in [0.3, 0.4) is 0 Å². The standard InChI is InChI=1S/C25H19BrFN3OS/c1-15-5-10-18(19(26)14-15)21-11-12-22(31-21)24-23(20-4-2-3-13-28-20)29-25(32)30(24)17-8-6-16(27)7-9-17/h2-14,23-24H,1H3,(H,29,32). The topological polar surface area (TPSA) is 41.3 Å². The van der Waals surface area contributed by atoms with Crippen LogP contribution in [0.5, 0.6) is 0 Å². The molecule has 5 rings (SSSR count). The summed E-state index contributed by atoms with van der Waals surface area (Å²) in [6, 6.07) is 21.6. The predicted molar refractivity (Wildman–Crippen MR) is 131 cm³/mol. The molecule has 32 heavy (non-hydrogen) atoms. The molecule has 1 fully saturated rings. The Hall–Kier alpha value is -3.03. The van der Waals surface area contributed by atoms with Crippen LogP contribution in [0, 0.1) is 12.7 Å². The van der Waals surface area contributed by atoms with Gasteiger partial charge in [-0.25, -0.2) is 4.39 Å². The van der Waals surface area contributed by atoms with Gasteiger partial charge in [0.25, 0.3) is 0 Å². The first-order valence-electron chi connectivity index (χ1n) is 10.1. The van der Waals surface area contributed by atoms with Crippen LogP contribution in [0.4, 0.5) is 10.1 Å². The van der Waals surface area contributed by atoms with Gasteiger partial charge in [0, 0.05) is 21.9 Å². The molecule has 4 nitrogen and oxygen atoms in total. The summed E-state index contributed by atoms with van der Waals surface area (Å²) in [5.41, 5.74) is 3.76. The zero-order valence-electron chi connectivity index (χ0n) is 17.1. The van der Waals surface area contributed by atoms with Crippen LogP contribution in [0.1, 0.15) is 29.1 Å². The van der Waals surface area contributed by atoms with Gasteiger partial charge >= 0.3 is 0 Å². The van der Waals surface area contributed by atoms with Gasteiger partial charge in [0.1, 0.15) is 23.4 Å². The Balaban J connectivity index is 1.60. The van der Waals surface area contributed by atoms with Gasteiger partial charge in [-0.3, -0.25) is 4.98 Å². The van der Waals surface area contributed by atoms with E-state index in [2.05, 4.69) is 38.4 Å². The lowest BCUT2D eigenvalue weighted by molar-refractivity contribution is 0.439. The summed E-state index contributed by atoms with van der Waals surface area (Å²) < 4.78 is 20.9. The number of rotatable bonds is 4. The molecule has 1 aliphatic rings. The largest absolute Gasteiger partial charge is 0.459 e. The molecule has 0 bridgehead atoms. The maximum absolute atomic E-state index is 13.6.